The van der Waals surface area contributed by atoms with Crippen molar-refractivity contribution in [2.75, 3.05) is 19.7 Å². The second kappa shape index (κ2) is 6.34. The van der Waals surface area contributed by atoms with Gasteiger partial charge in [-0.25, -0.2) is 0 Å². The van der Waals surface area contributed by atoms with Crippen molar-refractivity contribution in [3.63, 3.8) is 0 Å². The van der Waals surface area contributed by atoms with E-state index in [2.05, 4.69) is 13.8 Å². The first-order valence-corrected chi connectivity index (χ1v) is 8.48. The fraction of sp³-hybridized carbons (Fsp3) is 0.579. The van der Waals surface area contributed by atoms with Crippen molar-refractivity contribution in [3.05, 3.63) is 35.9 Å². The number of piperidine rings is 1. The van der Waals surface area contributed by atoms with Gasteiger partial charge in [0.1, 0.15) is 0 Å². The Morgan fingerprint density at radius 2 is 1.96 bits per heavy atom. The van der Waals surface area contributed by atoms with Crippen LogP contribution in [0.1, 0.15) is 43.5 Å². The Hall–Kier alpha value is -1.84. The molecule has 1 heterocycles. The van der Waals surface area contributed by atoms with Gasteiger partial charge in [-0.1, -0.05) is 32.0 Å². The minimum atomic E-state index is -0.0680. The molecule has 1 amide bonds. The molecule has 124 valence electrons. The third-order valence-corrected chi connectivity index (χ3v) is 5.09. The lowest BCUT2D eigenvalue weighted by atomic mass is 9.98. The lowest BCUT2D eigenvalue weighted by Crippen LogP contribution is -2.41. The highest BCUT2D eigenvalue weighted by Gasteiger charge is 2.51. The largest absolute Gasteiger partial charge is 0.465 e. The lowest BCUT2D eigenvalue weighted by molar-refractivity contribution is -0.147. The van der Waals surface area contributed by atoms with Crippen molar-refractivity contribution >= 4 is 11.9 Å². The highest BCUT2D eigenvalue weighted by molar-refractivity contribution is 5.94. The van der Waals surface area contributed by atoms with Gasteiger partial charge in [-0.05, 0) is 36.8 Å². The molecule has 0 bridgehead atoms. The van der Waals surface area contributed by atoms with Crippen LogP contribution in [0.25, 0.3) is 0 Å². The fourth-order valence-electron chi connectivity index (χ4n) is 3.32. The van der Waals surface area contributed by atoms with Gasteiger partial charge in [0, 0.05) is 24.6 Å². The Morgan fingerprint density at radius 1 is 1.26 bits per heavy atom. The molecule has 1 aliphatic heterocycles. The Balaban J connectivity index is 1.50. The monoisotopic (exact) mass is 315 g/mol. The number of esters is 1. The number of ether oxygens (including phenoxy) is 1. The summed E-state index contributed by atoms with van der Waals surface area (Å²) < 4.78 is 5.50. The van der Waals surface area contributed by atoms with E-state index in [1.165, 1.54) is 0 Å². The highest BCUT2D eigenvalue weighted by atomic mass is 16.5. The van der Waals surface area contributed by atoms with Gasteiger partial charge >= 0.3 is 5.97 Å². The van der Waals surface area contributed by atoms with Gasteiger partial charge in [0.25, 0.3) is 5.91 Å². The number of nitrogens with zero attached hydrogens (tertiary/aromatic N) is 1. The van der Waals surface area contributed by atoms with Crippen LogP contribution >= 0.6 is 0 Å². The highest BCUT2D eigenvalue weighted by Crippen LogP contribution is 2.52. The van der Waals surface area contributed by atoms with Crippen LogP contribution in [0.2, 0.25) is 0 Å². The van der Waals surface area contributed by atoms with Crippen LogP contribution in [0.5, 0.6) is 0 Å². The van der Waals surface area contributed by atoms with E-state index in [1.807, 2.05) is 35.2 Å². The van der Waals surface area contributed by atoms with Crippen LogP contribution in [0.4, 0.5) is 0 Å². The smallest absolute Gasteiger partial charge is 0.309 e. The zero-order valence-corrected chi connectivity index (χ0v) is 14.0. The van der Waals surface area contributed by atoms with E-state index in [4.69, 9.17) is 4.74 Å². The Kier molecular flexibility index (Phi) is 4.42. The predicted molar refractivity (Wildman–Crippen MR) is 87.9 cm³/mol. The molecule has 0 N–H and O–H groups in total. The van der Waals surface area contributed by atoms with Crippen LogP contribution in [0.3, 0.4) is 0 Å². The van der Waals surface area contributed by atoms with Crippen molar-refractivity contribution in [1.29, 1.82) is 0 Å². The Labute approximate surface area is 137 Å². The summed E-state index contributed by atoms with van der Waals surface area (Å²) in [6.07, 6.45) is 2.91. The van der Waals surface area contributed by atoms with Crippen LogP contribution in [0.15, 0.2) is 30.3 Å². The molecular weight excluding hydrogens is 290 g/mol. The van der Waals surface area contributed by atoms with Gasteiger partial charge in [0.05, 0.1) is 12.5 Å². The lowest BCUT2D eigenvalue weighted by Gasteiger charge is -2.32. The van der Waals surface area contributed by atoms with Crippen molar-refractivity contribution in [3.8, 4) is 0 Å². The third kappa shape index (κ3) is 3.74. The summed E-state index contributed by atoms with van der Waals surface area (Å²) in [5.74, 6) is 0.321. The number of amides is 1. The predicted octanol–water partition coefficient (Wildman–Crippen LogP) is 3.13. The zero-order valence-electron chi connectivity index (χ0n) is 14.0. The van der Waals surface area contributed by atoms with E-state index >= 15 is 0 Å². The molecule has 2 fully saturated rings. The molecule has 2 aliphatic rings. The van der Waals surface area contributed by atoms with E-state index in [1.54, 1.807) is 0 Å². The number of rotatable bonds is 4. The van der Waals surface area contributed by atoms with Gasteiger partial charge in [0.2, 0.25) is 0 Å². The van der Waals surface area contributed by atoms with E-state index < -0.39 is 0 Å². The van der Waals surface area contributed by atoms with E-state index in [9.17, 15) is 9.59 Å². The molecule has 4 nitrogen and oxygen atoms in total. The van der Waals surface area contributed by atoms with Gasteiger partial charge in [-0.15, -0.1) is 0 Å². The molecule has 2 atom stereocenters. The normalized spacial score (nSPS) is 25.7. The number of hydrogen-bond acceptors (Lipinski definition) is 3. The standard InChI is InChI=1S/C19H25NO3/c1-19(2)11-16(19)18(22)23-13-14-7-6-10-20(12-14)17(21)15-8-4-3-5-9-15/h3-5,8-9,14,16H,6-7,10-13H2,1-2H3. The molecule has 1 aromatic rings. The molecule has 4 heteroatoms. The summed E-state index contributed by atoms with van der Waals surface area (Å²) in [4.78, 5) is 26.4. The Morgan fingerprint density at radius 3 is 2.61 bits per heavy atom. The van der Waals surface area contributed by atoms with Crippen molar-refractivity contribution < 1.29 is 14.3 Å². The van der Waals surface area contributed by atoms with Crippen LogP contribution in [-0.4, -0.2) is 36.5 Å². The van der Waals surface area contributed by atoms with Gasteiger partial charge < -0.3 is 9.64 Å². The molecule has 0 spiro atoms. The summed E-state index contributed by atoms with van der Waals surface area (Å²) >= 11 is 0. The molecule has 1 aliphatic carbocycles. The molecule has 2 unspecified atom stereocenters. The molecule has 3 rings (SSSR count). The topological polar surface area (TPSA) is 46.6 Å². The van der Waals surface area contributed by atoms with Crippen LogP contribution < -0.4 is 0 Å². The van der Waals surface area contributed by atoms with E-state index in [0.29, 0.717) is 13.2 Å². The van der Waals surface area contributed by atoms with Gasteiger partial charge in [-0.3, -0.25) is 9.59 Å². The number of carbonyl (C=O) groups is 2. The van der Waals surface area contributed by atoms with Crippen molar-refractivity contribution in [2.45, 2.75) is 33.1 Å². The van der Waals surface area contributed by atoms with Crippen LogP contribution in [-0.2, 0) is 9.53 Å². The van der Waals surface area contributed by atoms with E-state index in [-0.39, 0.29) is 29.1 Å². The first-order chi connectivity index (χ1) is 11.0. The molecule has 0 aromatic heterocycles. The number of benzene rings is 1. The third-order valence-electron chi connectivity index (χ3n) is 5.09. The average Bonchev–Trinajstić information content (AvgIpc) is 3.22. The molecule has 1 saturated carbocycles. The second-order valence-electron chi connectivity index (χ2n) is 7.50. The summed E-state index contributed by atoms with van der Waals surface area (Å²) in [6.45, 7) is 6.09. The summed E-state index contributed by atoms with van der Waals surface area (Å²) in [6, 6.07) is 9.37. The Bertz CT molecular complexity index is 582. The summed E-state index contributed by atoms with van der Waals surface area (Å²) in [7, 11) is 0. The first-order valence-electron chi connectivity index (χ1n) is 8.48. The molecular formula is C19H25NO3. The summed E-state index contributed by atoms with van der Waals surface area (Å²) in [5.41, 5.74) is 0.837. The first kappa shape index (κ1) is 16.0. The minimum absolute atomic E-state index is 0.0631. The quantitative estimate of drug-likeness (QED) is 0.802. The van der Waals surface area contributed by atoms with Gasteiger partial charge in [0.15, 0.2) is 0 Å². The molecule has 1 aromatic carbocycles. The summed E-state index contributed by atoms with van der Waals surface area (Å²) in [5, 5.41) is 0. The molecule has 23 heavy (non-hydrogen) atoms. The maximum Gasteiger partial charge on any atom is 0.309 e. The molecule has 0 radical (unpaired) electrons. The fourth-order valence-corrected chi connectivity index (χ4v) is 3.32. The van der Waals surface area contributed by atoms with Crippen LogP contribution in [0, 0.1) is 17.3 Å². The van der Waals surface area contributed by atoms with Crippen molar-refractivity contribution in [2.24, 2.45) is 17.3 Å². The van der Waals surface area contributed by atoms with Crippen molar-refractivity contribution in [1.82, 2.24) is 4.90 Å². The molecule has 1 saturated heterocycles. The zero-order chi connectivity index (χ0) is 16.4. The second-order valence-corrected chi connectivity index (χ2v) is 7.50. The SMILES string of the molecule is CC1(C)CC1C(=O)OCC1CCCN(C(=O)c2ccccc2)C1. The number of carbonyl (C=O) groups excluding carboxylic acids is 2. The average molecular weight is 315 g/mol. The number of hydrogen-bond donors (Lipinski definition) is 0. The van der Waals surface area contributed by atoms with E-state index in [0.717, 1.165) is 31.4 Å². The maximum atomic E-state index is 12.5. The maximum absolute atomic E-state index is 12.5. The minimum Gasteiger partial charge on any atom is -0.465 e. The number of likely N-dealkylation sites (tertiary alicyclic amines) is 1. The van der Waals surface area contributed by atoms with Gasteiger partial charge in [-0.2, -0.15) is 0 Å².